The van der Waals surface area contributed by atoms with Crippen LogP contribution in [0.15, 0.2) is 0 Å². The average Bonchev–Trinajstić information content (AvgIpc) is 1.30. The Bertz CT molecular complexity index is 44.5. The fraction of sp³-hybridized carbons (Fsp3) is 1.00. The molecule has 0 saturated carbocycles. The summed E-state index contributed by atoms with van der Waals surface area (Å²) < 4.78 is 0. The molecule has 0 fully saturated rings. The number of hydrogen-bond acceptors (Lipinski definition) is 2. The van der Waals surface area contributed by atoms with Gasteiger partial charge in [0.25, 0.3) is 0 Å². The molecule has 0 aromatic heterocycles. The van der Waals surface area contributed by atoms with E-state index in [2.05, 4.69) is 26.2 Å². The third kappa shape index (κ3) is 5.92. The molecule has 2 nitrogen and oxygen atoms in total. The van der Waals surface area contributed by atoms with E-state index in [1.807, 2.05) is 0 Å². The van der Waals surface area contributed by atoms with Crippen LogP contribution in [0.2, 0.25) is 0 Å². The fourth-order valence-electron chi connectivity index (χ4n) is 0.306. The normalized spacial score (nSPS) is 12.0. The molecule has 0 unspecified atom stereocenters. The maximum absolute atomic E-state index is 5.06. The Balaban J connectivity index is 3.15. The molecule has 2 heteroatoms. The largest absolute Gasteiger partial charge is 0.271 e. The van der Waals surface area contributed by atoms with Gasteiger partial charge in [0.15, 0.2) is 0 Å². The highest BCUT2D eigenvalue weighted by Gasteiger charge is 2.06. The summed E-state index contributed by atoms with van der Waals surface area (Å²) in [6, 6.07) is 0. The average molecular weight is 102 g/mol. The smallest absolute Gasteiger partial charge is 0.0146 e. The lowest BCUT2D eigenvalue weighted by atomic mass is 9.98. The standard InChI is InChI=1S/C5H14N2/c1-5(2,3)4-7-6/h7H,4,6H2,1-3H3. The lowest BCUT2D eigenvalue weighted by molar-refractivity contribution is 0.384. The third-order valence-corrected chi connectivity index (χ3v) is 0.632. The molecule has 0 aromatic rings. The van der Waals surface area contributed by atoms with E-state index in [1.165, 1.54) is 0 Å². The van der Waals surface area contributed by atoms with Gasteiger partial charge in [-0.3, -0.25) is 11.3 Å². The van der Waals surface area contributed by atoms with Crippen LogP contribution in [0.25, 0.3) is 0 Å². The van der Waals surface area contributed by atoms with Gasteiger partial charge in [-0.15, -0.1) is 0 Å². The Morgan fingerprint density at radius 2 is 1.86 bits per heavy atom. The lowest BCUT2D eigenvalue weighted by Gasteiger charge is -2.15. The monoisotopic (exact) mass is 102 g/mol. The molecule has 3 N–H and O–H groups in total. The first-order valence-corrected chi connectivity index (χ1v) is 2.50. The van der Waals surface area contributed by atoms with Crippen molar-refractivity contribution in [2.45, 2.75) is 20.8 Å². The summed E-state index contributed by atoms with van der Waals surface area (Å²) in [7, 11) is 0. The summed E-state index contributed by atoms with van der Waals surface area (Å²) in [5.41, 5.74) is 2.92. The summed E-state index contributed by atoms with van der Waals surface area (Å²) in [6.45, 7) is 7.26. The molecular formula is C5H14N2. The molecule has 0 atom stereocenters. The molecule has 44 valence electrons. The highest BCUT2D eigenvalue weighted by atomic mass is 15.2. The Kier molecular flexibility index (Phi) is 2.26. The van der Waals surface area contributed by atoms with Crippen LogP contribution in [0, 0.1) is 5.41 Å². The first kappa shape index (κ1) is 6.92. The minimum Gasteiger partial charge on any atom is -0.271 e. The Labute approximate surface area is 45.1 Å². The number of hydrogen-bond donors (Lipinski definition) is 2. The lowest BCUT2D eigenvalue weighted by Crippen LogP contribution is -2.31. The minimum atomic E-state index is 0.314. The maximum atomic E-state index is 5.06. The van der Waals surface area contributed by atoms with Crippen molar-refractivity contribution in [2.75, 3.05) is 6.54 Å². The van der Waals surface area contributed by atoms with Gasteiger partial charge >= 0.3 is 0 Å². The van der Waals surface area contributed by atoms with E-state index in [0.717, 1.165) is 6.54 Å². The van der Waals surface area contributed by atoms with Crippen LogP contribution in [0.3, 0.4) is 0 Å². The van der Waals surface area contributed by atoms with E-state index in [0.29, 0.717) is 5.41 Å². The minimum absolute atomic E-state index is 0.314. The zero-order valence-corrected chi connectivity index (χ0v) is 5.28. The van der Waals surface area contributed by atoms with Crippen LogP contribution < -0.4 is 11.3 Å². The number of rotatable bonds is 1. The first-order valence-electron chi connectivity index (χ1n) is 2.50. The van der Waals surface area contributed by atoms with Crippen LogP contribution in [-0.2, 0) is 0 Å². The second kappa shape index (κ2) is 2.28. The quantitative estimate of drug-likeness (QED) is 0.373. The molecule has 0 amide bonds. The zero-order chi connectivity index (χ0) is 5.91. The summed E-state index contributed by atoms with van der Waals surface area (Å²) in [5.74, 6) is 5.06. The zero-order valence-electron chi connectivity index (χ0n) is 5.28. The topological polar surface area (TPSA) is 38.0 Å². The highest BCUT2D eigenvalue weighted by Crippen LogP contribution is 2.08. The van der Waals surface area contributed by atoms with Gasteiger partial charge < -0.3 is 0 Å². The van der Waals surface area contributed by atoms with Gasteiger partial charge in [0.05, 0.1) is 0 Å². The molecule has 0 aliphatic heterocycles. The predicted octanol–water partition coefficient (Wildman–Crippen LogP) is 0.496. The molecule has 0 aliphatic rings. The van der Waals surface area contributed by atoms with Crippen molar-refractivity contribution >= 4 is 0 Å². The number of hydrazine groups is 1. The van der Waals surface area contributed by atoms with Crippen LogP contribution in [0.5, 0.6) is 0 Å². The summed E-state index contributed by atoms with van der Waals surface area (Å²) in [6.07, 6.45) is 0. The van der Waals surface area contributed by atoms with Gasteiger partial charge in [-0.1, -0.05) is 20.8 Å². The molecule has 0 saturated heterocycles. The summed E-state index contributed by atoms with van der Waals surface area (Å²) >= 11 is 0. The molecule has 0 spiro atoms. The first-order chi connectivity index (χ1) is 3.06. The van der Waals surface area contributed by atoms with Gasteiger partial charge in [0.1, 0.15) is 0 Å². The molecule has 0 radical (unpaired) electrons. The van der Waals surface area contributed by atoms with Crippen LogP contribution in [-0.4, -0.2) is 6.54 Å². The van der Waals surface area contributed by atoms with E-state index in [9.17, 15) is 0 Å². The molecule has 0 heterocycles. The van der Waals surface area contributed by atoms with Crippen molar-refractivity contribution in [1.29, 1.82) is 0 Å². The number of nitrogens with one attached hydrogen (secondary N) is 1. The Hall–Kier alpha value is -0.0800. The second-order valence-electron chi connectivity index (χ2n) is 2.94. The van der Waals surface area contributed by atoms with Crippen molar-refractivity contribution in [3.8, 4) is 0 Å². The van der Waals surface area contributed by atoms with Crippen molar-refractivity contribution < 1.29 is 0 Å². The van der Waals surface area contributed by atoms with Crippen molar-refractivity contribution in [3.63, 3.8) is 0 Å². The molecule has 0 bridgehead atoms. The maximum Gasteiger partial charge on any atom is 0.0146 e. The highest BCUT2D eigenvalue weighted by molar-refractivity contribution is 4.61. The van der Waals surface area contributed by atoms with Crippen molar-refractivity contribution in [3.05, 3.63) is 0 Å². The Morgan fingerprint density at radius 1 is 1.43 bits per heavy atom. The predicted molar refractivity (Wildman–Crippen MR) is 31.6 cm³/mol. The summed E-state index contributed by atoms with van der Waals surface area (Å²) in [5, 5.41) is 0. The molecular weight excluding hydrogens is 88.1 g/mol. The van der Waals surface area contributed by atoms with E-state index in [1.54, 1.807) is 0 Å². The van der Waals surface area contributed by atoms with Crippen molar-refractivity contribution in [1.82, 2.24) is 5.43 Å². The van der Waals surface area contributed by atoms with E-state index in [-0.39, 0.29) is 0 Å². The van der Waals surface area contributed by atoms with Gasteiger partial charge in [-0.25, -0.2) is 0 Å². The number of nitrogens with two attached hydrogens (primary N) is 1. The summed E-state index contributed by atoms with van der Waals surface area (Å²) in [4.78, 5) is 0. The van der Waals surface area contributed by atoms with E-state index in [4.69, 9.17) is 5.84 Å². The molecule has 0 aliphatic carbocycles. The van der Waals surface area contributed by atoms with Crippen LogP contribution in [0.4, 0.5) is 0 Å². The van der Waals surface area contributed by atoms with Gasteiger partial charge in [0.2, 0.25) is 0 Å². The van der Waals surface area contributed by atoms with Gasteiger partial charge in [-0.2, -0.15) is 0 Å². The third-order valence-electron chi connectivity index (χ3n) is 0.632. The molecule has 0 aromatic carbocycles. The van der Waals surface area contributed by atoms with E-state index < -0.39 is 0 Å². The van der Waals surface area contributed by atoms with Crippen LogP contribution >= 0.6 is 0 Å². The SMILES string of the molecule is CC(C)(C)CNN. The van der Waals surface area contributed by atoms with E-state index >= 15 is 0 Å². The fourth-order valence-corrected chi connectivity index (χ4v) is 0.306. The molecule has 7 heavy (non-hydrogen) atoms. The Morgan fingerprint density at radius 3 is 1.86 bits per heavy atom. The molecule has 0 rings (SSSR count). The van der Waals surface area contributed by atoms with Gasteiger partial charge in [-0.05, 0) is 5.41 Å². The van der Waals surface area contributed by atoms with Crippen LogP contribution in [0.1, 0.15) is 20.8 Å². The second-order valence-corrected chi connectivity index (χ2v) is 2.94. The van der Waals surface area contributed by atoms with Gasteiger partial charge in [0, 0.05) is 6.54 Å². The van der Waals surface area contributed by atoms with Crippen molar-refractivity contribution in [2.24, 2.45) is 11.3 Å².